The van der Waals surface area contributed by atoms with Crippen LogP contribution < -0.4 is 16.2 Å². The van der Waals surface area contributed by atoms with Crippen molar-refractivity contribution in [2.24, 2.45) is 7.05 Å². The Bertz CT molecular complexity index is 1470. The average Bonchev–Trinajstić information content (AvgIpc) is 3.22. The van der Waals surface area contributed by atoms with Crippen LogP contribution in [-0.2, 0) is 12.5 Å². The molecule has 37 heavy (non-hydrogen) atoms. The highest BCUT2D eigenvalue weighted by Gasteiger charge is 2.22. The van der Waals surface area contributed by atoms with E-state index in [-0.39, 0.29) is 16.8 Å². The van der Waals surface area contributed by atoms with Crippen LogP contribution in [0.15, 0.2) is 59.4 Å². The number of carbonyl (C=O) groups is 1. The lowest BCUT2D eigenvalue weighted by molar-refractivity contribution is 0.102. The quantitative estimate of drug-likeness (QED) is 0.287. The SMILES string of the molecule is CCC(C)(CC)c1ccc(C(=O)Nc2cc(-c3cc(Nc4cc(C)n(C)n4)c(=O)[nH]n3)ccc2F)cc1. The van der Waals surface area contributed by atoms with Crippen molar-refractivity contribution in [3.8, 4) is 11.3 Å². The van der Waals surface area contributed by atoms with Gasteiger partial charge in [0.25, 0.3) is 11.5 Å². The molecule has 8 nitrogen and oxygen atoms in total. The van der Waals surface area contributed by atoms with Crippen LogP contribution in [0.2, 0.25) is 0 Å². The Hall–Kier alpha value is -4.27. The average molecular weight is 503 g/mol. The van der Waals surface area contributed by atoms with Gasteiger partial charge in [-0.3, -0.25) is 14.3 Å². The fraction of sp³-hybridized carbons (Fsp3) is 0.286. The number of H-pyrrole nitrogens is 1. The molecule has 0 spiro atoms. The number of nitrogens with one attached hydrogen (secondary N) is 3. The molecule has 2 aromatic heterocycles. The van der Waals surface area contributed by atoms with Gasteiger partial charge in [0.2, 0.25) is 0 Å². The molecule has 0 aliphatic carbocycles. The molecule has 9 heteroatoms. The zero-order valence-electron chi connectivity index (χ0n) is 21.6. The molecule has 0 aliphatic heterocycles. The first-order valence-corrected chi connectivity index (χ1v) is 12.2. The third-order valence-corrected chi connectivity index (χ3v) is 7.10. The van der Waals surface area contributed by atoms with Gasteiger partial charge in [-0.2, -0.15) is 10.2 Å². The van der Waals surface area contributed by atoms with Crippen molar-refractivity contribution in [1.29, 1.82) is 0 Å². The van der Waals surface area contributed by atoms with Crippen LogP contribution in [0.3, 0.4) is 0 Å². The molecule has 0 fully saturated rings. The molecule has 0 bridgehead atoms. The van der Waals surface area contributed by atoms with Crippen molar-refractivity contribution < 1.29 is 9.18 Å². The van der Waals surface area contributed by atoms with Gasteiger partial charge in [0.15, 0.2) is 5.82 Å². The Morgan fingerprint density at radius 1 is 1.05 bits per heavy atom. The van der Waals surface area contributed by atoms with Crippen LogP contribution in [0, 0.1) is 12.7 Å². The molecule has 0 saturated heterocycles. The Labute approximate surface area is 214 Å². The van der Waals surface area contributed by atoms with Crippen LogP contribution in [-0.4, -0.2) is 25.9 Å². The van der Waals surface area contributed by atoms with E-state index in [1.165, 1.54) is 18.2 Å². The maximum atomic E-state index is 14.6. The summed E-state index contributed by atoms with van der Waals surface area (Å²) >= 11 is 0. The van der Waals surface area contributed by atoms with E-state index >= 15 is 0 Å². The zero-order valence-corrected chi connectivity index (χ0v) is 21.6. The van der Waals surface area contributed by atoms with Crippen LogP contribution in [0.5, 0.6) is 0 Å². The van der Waals surface area contributed by atoms with Crippen molar-refractivity contribution >= 4 is 23.1 Å². The summed E-state index contributed by atoms with van der Waals surface area (Å²) in [4.78, 5) is 25.2. The molecule has 2 heterocycles. The van der Waals surface area contributed by atoms with Crippen molar-refractivity contribution in [1.82, 2.24) is 20.0 Å². The number of aromatic nitrogens is 4. The summed E-state index contributed by atoms with van der Waals surface area (Å²) < 4.78 is 16.3. The van der Waals surface area contributed by atoms with E-state index in [0.717, 1.165) is 24.1 Å². The van der Waals surface area contributed by atoms with E-state index in [4.69, 9.17) is 0 Å². The number of anilines is 3. The van der Waals surface area contributed by atoms with Gasteiger partial charge in [-0.25, -0.2) is 9.49 Å². The first-order chi connectivity index (χ1) is 17.6. The molecule has 4 aromatic rings. The Morgan fingerprint density at radius 2 is 1.76 bits per heavy atom. The molecule has 0 radical (unpaired) electrons. The number of benzene rings is 2. The van der Waals surface area contributed by atoms with Gasteiger partial charge in [-0.05, 0) is 67.1 Å². The number of aromatic amines is 1. The summed E-state index contributed by atoms with van der Waals surface area (Å²) in [5.41, 5.74) is 3.31. The standard InChI is InChI=1S/C28H31FN6O2/c1-6-28(4,7-2)20-11-8-18(9-12-20)26(36)31-23-15-19(10-13-21(23)29)22-16-24(27(37)33-32-22)30-25-14-17(3)35(5)34-25/h8-16H,6-7H2,1-5H3,(H,31,36)(H,33,37)(H,30,32,34). The highest BCUT2D eigenvalue weighted by Crippen LogP contribution is 2.31. The van der Waals surface area contributed by atoms with Crippen LogP contribution in [0.25, 0.3) is 11.3 Å². The summed E-state index contributed by atoms with van der Waals surface area (Å²) in [5.74, 6) is -0.483. The lowest BCUT2D eigenvalue weighted by Crippen LogP contribution is -2.20. The number of hydrogen-bond donors (Lipinski definition) is 3. The van der Waals surface area contributed by atoms with Crippen molar-refractivity contribution in [3.63, 3.8) is 0 Å². The molecule has 4 rings (SSSR count). The zero-order chi connectivity index (χ0) is 26.7. The summed E-state index contributed by atoms with van der Waals surface area (Å²) in [7, 11) is 1.80. The van der Waals surface area contributed by atoms with Gasteiger partial charge in [0.1, 0.15) is 11.5 Å². The topological polar surface area (TPSA) is 105 Å². The minimum Gasteiger partial charge on any atom is -0.334 e. The smallest absolute Gasteiger partial charge is 0.287 e. The van der Waals surface area contributed by atoms with E-state index in [2.05, 4.69) is 46.7 Å². The molecule has 2 aromatic carbocycles. The number of amides is 1. The molecule has 1 amide bonds. The number of nitrogens with zero attached hydrogens (tertiary/aromatic N) is 3. The molecule has 0 saturated carbocycles. The van der Waals surface area contributed by atoms with E-state index in [0.29, 0.717) is 22.6 Å². The van der Waals surface area contributed by atoms with Crippen LogP contribution in [0.4, 0.5) is 21.6 Å². The number of hydrogen-bond acceptors (Lipinski definition) is 5. The maximum Gasteiger partial charge on any atom is 0.287 e. The second kappa shape index (κ2) is 10.4. The first-order valence-electron chi connectivity index (χ1n) is 12.2. The molecular formula is C28H31FN6O2. The Morgan fingerprint density at radius 3 is 2.38 bits per heavy atom. The van der Waals surface area contributed by atoms with E-state index in [1.807, 2.05) is 25.1 Å². The van der Waals surface area contributed by atoms with Crippen LogP contribution in [0.1, 0.15) is 55.2 Å². The number of aryl methyl sites for hydroxylation is 2. The fourth-order valence-electron chi connectivity index (χ4n) is 4.06. The van der Waals surface area contributed by atoms with Gasteiger partial charge >= 0.3 is 0 Å². The van der Waals surface area contributed by atoms with Crippen molar-refractivity contribution in [2.45, 2.75) is 46.0 Å². The van der Waals surface area contributed by atoms with Crippen molar-refractivity contribution in [3.05, 3.63) is 87.6 Å². The van der Waals surface area contributed by atoms with Crippen molar-refractivity contribution in [2.75, 3.05) is 10.6 Å². The van der Waals surface area contributed by atoms with Crippen LogP contribution >= 0.6 is 0 Å². The summed E-state index contributed by atoms with van der Waals surface area (Å²) in [6.45, 7) is 8.40. The lowest BCUT2D eigenvalue weighted by atomic mass is 9.78. The maximum absolute atomic E-state index is 14.6. The number of carbonyl (C=O) groups excluding carboxylic acids is 1. The normalized spacial score (nSPS) is 11.4. The fourth-order valence-corrected chi connectivity index (χ4v) is 4.06. The monoisotopic (exact) mass is 502 g/mol. The molecule has 192 valence electrons. The van der Waals surface area contributed by atoms with E-state index in [9.17, 15) is 14.0 Å². The highest BCUT2D eigenvalue weighted by molar-refractivity contribution is 6.04. The molecule has 0 unspecified atom stereocenters. The third kappa shape index (κ3) is 5.45. The predicted octanol–water partition coefficient (Wildman–Crippen LogP) is 5.69. The molecule has 0 atom stereocenters. The molecule has 3 N–H and O–H groups in total. The predicted molar refractivity (Wildman–Crippen MR) is 144 cm³/mol. The minimum absolute atomic E-state index is 0.0152. The summed E-state index contributed by atoms with van der Waals surface area (Å²) in [5, 5.41) is 16.5. The lowest BCUT2D eigenvalue weighted by Gasteiger charge is -2.27. The molecular weight excluding hydrogens is 471 g/mol. The Balaban J connectivity index is 1.57. The van der Waals surface area contributed by atoms with Gasteiger partial charge in [0, 0.05) is 29.9 Å². The third-order valence-electron chi connectivity index (χ3n) is 7.10. The second-order valence-electron chi connectivity index (χ2n) is 9.41. The largest absolute Gasteiger partial charge is 0.334 e. The molecule has 0 aliphatic rings. The summed E-state index contributed by atoms with van der Waals surface area (Å²) in [6, 6.07) is 15.1. The van der Waals surface area contributed by atoms with Gasteiger partial charge in [0.05, 0.1) is 11.4 Å². The number of halogens is 1. The second-order valence-corrected chi connectivity index (χ2v) is 9.41. The first kappa shape index (κ1) is 25.8. The van der Waals surface area contributed by atoms with Gasteiger partial charge < -0.3 is 10.6 Å². The summed E-state index contributed by atoms with van der Waals surface area (Å²) in [6.07, 6.45) is 1.98. The number of rotatable bonds is 8. The Kier molecular flexibility index (Phi) is 7.24. The van der Waals surface area contributed by atoms with E-state index in [1.54, 1.807) is 29.9 Å². The van der Waals surface area contributed by atoms with Gasteiger partial charge in [-0.1, -0.05) is 32.9 Å². The van der Waals surface area contributed by atoms with Gasteiger partial charge in [-0.15, -0.1) is 0 Å². The minimum atomic E-state index is -0.579. The highest BCUT2D eigenvalue weighted by atomic mass is 19.1. The van der Waals surface area contributed by atoms with E-state index < -0.39 is 17.3 Å².